The average Bonchev–Trinajstić information content (AvgIpc) is 2.77. The Labute approximate surface area is 206 Å². The van der Waals surface area contributed by atoms with Gasteiger partial charge in [0.2, 0.25) is 0 Å². The zero-order valence-corrected chi connectivity index (χ0v) is 22.8. The molecule has 0 aromatic carbocycles. The molecule has 1 N–H and O–H groups in total. The summed E-state index contributed by atoms with van der Waals surface area (Å²) in [7, 11) is -3.89. The van der Waals surface area contributed by atoms with Crippen LogP contribution in [0.4, 0.5) is 0 Å². The zero-order valence-electron chi connectivity index (χ0n) is 22.0. The van der Waals surface area contributed by atoms with Crippen LogP contribution in [0, 0.1) is 0 Å². The molecule has 0 saturated heterocycles. The fourth-order valence-corrected chi connectivity index (χ4v) is 4.49. The summed E-state index contributed by atoms with van der Waals surface area (Å²) in [6.07, 6.45) is 33.4. The number of rotatable bonds is 23. The standard InChI is InChI=1S/C28H53NO3S/c1-4-7-10-13-16-19-24-29(25-20-17-14-11-8-5-2,26-21-18-15-12-9-6-3)27-22-23-28-33(30,31)32/h19-21,24-26H,4-18,22-23,27-28H2,1-3H3/p+1/b24-19+,25-20+,26-21+. The first kappa shape index (κ1) is 32.1. The van der Waals surface area contributed by atoms with Crippen molar-refractivity contribution in [3.05, 3.63) is 36.8 Å². The first-order valence-electron chi connectivity index (χ1n) is 13.7. The van der Waals surface area contributed by atoms with Gasteiger partial charge in [0.1, 0.15) is 18.6 Å². The van der Waals surface area contributed by atoms with E-state index in [2.05, 4.69) is 57.6 Å². The van der Waals surface area contributed by atoms with Gasteiger partial charge in [-0.2, -0.15) is 8.42 Å². The van der Waals surface area contributed by atoms with Gasteiger partial charge in [-0.05, 0) is 69.6 Å². The van der Waals surface area contributed by atoms with E-state index in [1.807, 2.05) is 0 Å². The Balaban J connectivity index is 5.28. The lowest BCUT2D eigenvalue weighted by Crippen LogP contribution is -2.32. The van der Waals surface area contributed by atoms with Crippen LogP contribution in [0.2, 0.25) is 0 Å². The van der Waals surface area contributed by atoms with Crippen molar-refractivity contribution in [3.8, 4) is 0 Å². The highest BCUT2D eigenvalue weighted by molar-refractivity contribution is 7.85. The second-order valence-electron chi connectivity index (χ2n) is 9.41. The van der Waals surface area contributed by atoms with Crippen LogP contribution >= 0.6 is 0 Å². The Hall–Kier alpha value is -0.910. The third-order valence-electron chi connectivity index (χ3n) is 6.02. The van der Waals surface area contributed by atoms with Crippen LogP contribution in [0.15, 0.2) is 36.8 Å². The molecule has 0 spiro atoms. The fourth-order valence-electron chi connectivity index (χ4n) is 3.92. The highest BCUT2D eigenvalue weighted by atomic mass is 32.2. The quantitative estimate of drug-likeness (QED) is 0.0894. The number of hydrogen-bond acceptors (Lipinski definition) is 2. The van der Waals surface area contributed by atoms with Crippen molar-refractivity contribution in [1.29, 1.82) is 0 Å². The fraction of sp³-hybridized carbons (Fsp3) is 0.786. The number of unbranched alkanes of at least 4 members (excludes halogenated alkanes) is 13. The molecular weight excluding hydrogens is 430 g/mol. The maximum absolute atomic E-state index is 11.2. The van der Waals surface area contributed by atoms with Gasteiger partial charge in [0.05, 0.1) is 12.3 Å². The molecule has 0 radical (unpaired) electrons. The van der Waals surface area contributed by atoms with Crippen molar-refractivity contribution in [2.75, 3.05) is 12.3 Å². The molecule has 33 heavy (non-hydrogen) atoms. The normalized spacial score (nSPS) is 13.2. The Morgan fingerprint density at radius 1 is 0.576 bits per heavy atom. The predicted octanol–water partition coefficient (Wildman–Crippen LogP) is 8.92. The summed E-state index contributed by atoms with van der Waals surface area (Å²) >= 11 is 0. The molecule has 0 heterocycles. The second kappa shape index (κ2) is 21.6. The maximum Gasteiger partial charge on any atom is 0.264 e. The molecule has 0 atom stereocenters. The SMILES string of the molecule is CCCCCC/C=C/[N+](/C=C/CCCCCC)(/C=C/CCCCCC)CCCCS(=O)(=O)O. The lowest BCUT2D eigenvalue weighted by atomic mass is 10.1. The molecule has 0 aromatic rings. The van der Waals surface area contributed by atoms with E-state index in [1.54, 1.807) is 0 Å². The lowest BCUT2D eigenvalue weighted by molar-refractivity contribution is -0.774. The smallest absolute Gasteiger partial charge is 0.264 e. The van der Waals surface area contributed by atoms with Crippen LogP contribution in [-0.2, 0) is 10.1 Å². The van der Waals surface area contributed by atoms with E-state index in [1.165, 1.54) is 77.0 Å². The van der Waals surface area contributed by atoms with Crippen molar-refractivity contribution < 1.29 is 17.5 Å². The zero-order chi connectivity index (χ0) is 24.7. The summed E-state index contributed by atoms with van der Waals surface area (Å²) in [5.41, 5.74) is 0. The third-order valence-corrected chi connectivity index (χ3v) is 6.82. The third kappa shape index (κ3) is 21.4. The van der Waals surface area contributed by atoms with Crippen LogP contribution in [0.25, 0.3) is 0 Å². The van der Waals surface area contributed by atoms with Gasteiger partial charge < -0.3 is 0 Å². The minimum absolute atomic E-state index is 0.158. The van der Waals surface area contributed by atoms with Crippen molar-refractivity contribution in [2.45, 2.75) is 130 Å². The number of hydrogen-bond donors (Lipinski definition) is 1. The molecule has 0 aromatic heterocycles. The van der Waals surface area contributed by atoms with Gasteiger partial charge >= 0.3 is 0 Å². The van der Waals surface area contributed by atoms with Crippen LogP contribution < -0.4 is 0 Å². The molecule has 194 valence electrons. The summed E-state index contributed by atoms with van der Waals surface area (Å²) in [5, 5.41) is 0. The summed E-state index contributed by atoms with van der Waals surface area (Å²) in [4.78, 5) is 0. The highest BCUT2D eigenvalue weighted by Crippen LogP contribution is 2.18. The maximum atomic E-state index is 11.2. The minimum atomic E-state index is -3.89. The van der Waals surface area contributed by atoms with Crippen molar-refractivity contribution in [1.82, 2.24) is 0 Å². The molecule has 0 bridgehead atoms. The Morgan fingerprint density at radius 3 is 1.30 bits per heavy atom. The summed E-state index contributed by atoms with van der Waals surface area (Å²) in [6.45, 7) is 7.53. The van der Waals surface area contributed by atoms with Crippen LogP contribution in [0.5, 0.6) is 0 Å². The molecule has 0 fully saturated rings. The van der Waals surface area contributed by atoms with E-state index < -0.39 is 10.1 Å². The highest BCUT2D eigenvalue weighted by Gasteiger charge is 2.19. The number of quaternary nitrogens is 1. The molecule has 0 aliphatic carbocycles. The molecule has 0 amide bonds. The summed E-state index contributed by atoms with van der Waals surface area (Å²) < 4.78 is 32.1. The monoisotopic (exact) mass is 484 g/mol. The average molecular weight is 485 g/mol. The molecule has 4 nitrogen and oxygen atoms in total. The molecule has 0 aliphatic rings. The molecule has 0 unspecified atom stereocenters. The Kier molecular flexibility index (Phi) is 21.0. The Morgan fingerprint density at radius 2 is 0.970 bits per heavy atom. The summed E-state index contributed by atoms with van der Waals surface area (Å²) in [6, 6.07) is 0. The van der Waals surface area contributed by atoms with E-state index in [0.717, 1.165) is 32.2 Å². The second-order valence-corrected chi connectivity index (χ2v) is 11.0. The van der Waals surface area contributed by atoms with Gasteiger partial charge in [0.15, 0.2) is 0 Å². The van der Waals surface area contributed by atoms with Crippen molar-refractivity contribution in [2.24, 2.45) is 0 Å². The van der Waals surface area contributed by atoms with E-state index in [4.69, 9.17) is 4.55 Å². The van der Waals surface area contributed by atoms with Crippen LogP contribution in [0.1, 0.15) is 130 Å². The number of nitrogens with zero attached hydrogens (tertiary/aromatic N) is 1. The van der Waals surface area contributed by atoms with Crippen molar-refractivity contribution in [3.63, 3.8) is 0 Å². The van der Waals surface area contributed by atoms with E-state index in [0.29, 0.717) is 10.9 Å². The Bertz CT molecular complexity index is 568. The van der Waals surface area contributed by atoms with Crippen molar-refractivity contribution >= 4 is 10.1 Å². The molecule has 5 heteroatoms. The van der Waals surface area contributed by atoms with Gasteiger partial charge in [-0.15, -0.1) is 0 Å². The van der Waals surface area contributed by atoms with Crippen LogP contribution in [-0.4, -0.2) is 29.8 Å². The molecule has 0 aliphatic heterocycles. The first-order chi connectivity index (χ1) is 15.9. The van der Waals surface area contributed by atoms with E-state index in [-0.39, 0.29) is 5.75 Å². The van der Waals surface area contributed by atoms with E-state index in [9.17, 15) is 8.42 Å². The van der Waals surface area contributed by atoms with Gasteiger partial charge in [-0.3, -0.25) is 4.55 Å². The predicted molar refractivity (Wildman–Crippen MR) is 144 cm³/mol. The van der Waals surface area contributed by atoms with Gasteiger partial charge in [-0.1, -0.05) is 78.6 Å². The largest absolute Gasteiger partial charge is 0.286 e. The van der Waals surface area contributed by atoms with Crippen LogP contribution in [0.3, 0.4) is 0 Å². The molecule has 0 rings (SSSR count). The molecule has 0 saturated carbocycles. The topological polar surface area (TPSA) is 54.4 Å². The van der Waals surface area contributed by atoms with Gasteiger partial charge in [0, 0.05) is 0 Å². The van der Waals surface area contributed by atoms with E-state index >= 15 is 0 Å². The van der Waals surface area contributed by atoms with Gasteiger partial charge in [-0.25, -0.2) is 4.48 Å². The lowest BCUT2D eigenvalue weighted by Gasteiger charge is -2.27. The first-order valence-corrected chi connectivity index (χ1v) is 15.4. The number of allylic oxidation sites excluding steroid dienone is 3. The minimum Gasteiger partial charge on any atom is -0.286 e. The summed E-state index contributed by atoms with van der Waals surface area (Å²) in [5.74, 6) is -0.158. The van der Waals surface area contributed by atoms with Gasteiger partial charge in [0.25, 0.3) is 10.1 Å². The molecular formula is C28H54NO3S+.